The number of hydrogen-bond donors (Lipinski definition) is 1. The second-order valence-corrected chi connectivity index (χ2v) is 11.9. The standard InChI is InChI=1S/C34H27F7N2O4/c1-17-10-23-30(32(46)43(31(23)45)22-14-20(33(36,37)38)13-21(15-22)34(39,40)41)24-16-47-28(29(17)24)8-6-19(26-4-2-3-9-42-26)11-18-5-7-27(44)25(35)12-18/h2-5,7,9,11-15,23-24,28,30,44H,6,8,10,16H2,1H3/b19-11-/t23-,24+,28-,30-/m1/s1. The lowest BCUT2D eigenvalue weighted by Gasteiger charge is -2.30. The van der Waals surface area contributed by atoms with Gasteiger partial charge in [0.05, 0.1) is 47.1 Å². The number of anilines is 1. The van der Waals surface area contributed by atoms with Gasteiger partial charge < -0.3 is 9.84 Å². The molecule has 0 bridgehead atoms. The molecule has 0 radical (unpaired) electrons. The van der Waals surface area contributed by atoms with E-state index in [0.717, 1.165) is 16.7 Å². The first kappa shape index (κ1) is 32.4. The zero-order valence-electron chi connectivity index (χ0n) is 24.7. The summed E-state index contributed by atoms with van der Waals surface area (Å²) in [6.45, 7) is 1.81. The van der Waals surface area contributed by atoms with E-state index >= 15 is 0 Å². The molecule has 47 heavy (non-hydrogen) atoms. The van der Waals surface area contributed by atoms with Gasteiger partial charge in [-0.15, -0.1) is 0 Å². The van der Waals surface area contributed by atoms with Gasteiger partial charge in [-0.3, -0.25) is 14.6 Å². The highest BCUT2D eigenvalue weighted by Gasteiger charge is 2.57. The van der Waals surface area contributed by atoms with E-state index in [0.29, 0.717) is 41.1 Å². The molecule has 3 aromatic rings. The number of pyridine rings is 1. The Morgan fingerprint density at radius 3 is 2.30 bits per heavy atom. The number of allylic oxidation sites excluding steroid dienone is 2. The van der Waals surface area contributed by atoms with E-state index in [-0.39, 0.29) is 19.1 Å². The number of imide groups is 1. The molecule has 2 fully saturated rings. The number of alkyl halides is 6. The number of aromatic nitrogens is 1. The molecule has 2 saturated heterocycles. The highest BCUT2D eigenvalue weighted by Crippen LogP contribution is 2.51. The Bertz CT molecular complexity index is 1770. The molecule has 2 aliphatic heterocycles. The molecule has 0 spiro atoms. The van der Waals surface area contributed by atoms with Crippen molar-refractivity contribution in [2.24, 2.45) is 17.8 Å². The molecule has 3 aliphatic rings. The fourth-order valence-electron chi connectivity index (χ4n) is 6.88. The van der Waals surface area contributed by atoms with E-state index in [1.807, 2.05) is 0 Å². The van der Waals surface area contributed by atoms with Gasteiger partial charge >= 0.3 is 12.4 Å². The maximum Gasteiger partial charge on any atom is 0.416 e. The molecule has 1 aromatic heterocycles. The van der Waals surface area contributed by atoms with Gasteiger partial charge in [-0.05, 0) is 91.4 Å². The van der Waals surface area contributed by atoms with Gasteiger partial charge in [0, 0.05) is 12.1 Å². The first-order chi connectivity index (χ1) is 22.1. The first-order valence-corrected chi connectivity index (χ1v) is 14.7. The Hall–Kier alpha value is -4.52. The van der Waals surface area contributed by atoms with Crippen molar-refractivity contribution in [3.63, 3.8) is 0 Å². The molecule has 6 nitrogen and oxygen atoms in total. The summed E-state index contributed by atoms with van der Waals surface area (Å²) >= 11 is 0. The summed E-state index contributed by atoms with van der Waals surface area (Å²) in [4.78, 5) is 32.1. The van der Waals surface area contributed by atoms with Crippen LogP contribution < -0.4 is 4.90 Å². The van der Waals surface area contributed by atoms with E-state index < -0.39 is 76.4 Å². The number of nitrogens with zero attached hydrogens (tertiary/aromatic N) is 2. The number of phenols is 1. The van der Waals surface area contributed by atoms with Crippen molar-refractivity contribution in [2.45, 2.75) is 44.6 Å². The quantitative estimate of drug-likeness (QED) is 0.166. The van der Waals surface area contributed by atoms with Gasteiger partial charge in [-0.2, -0.15) is 26.3 Å². The first-order valence-electron chi connectivity index (χ1n) is 14.7. The molecule has 3 heterocycles. The van der Waals surface area contributed by atoms with E-state index in [9.17, 15) is 45.4 Å². The molecule has 246 valence electrons. The number of carbonyl (C=O) groups is 2. The van der Waals surface area contributed by atoms with Crippen LogP contribution in [0, 0.1) is 23.6 Å². The lowest BCUT2D eigenvalue weighted by molar-refractivity contribution is -0.143. The summed E-state index contributed by atoms with van der Waals surface area (Å²) in [5.41, 5.74) is -0.624. The predicted octanol–water partition coefficient (Wildman–Crippen LogP) is 7.83. The normalized spacial score (nSPS) is 23.4. The van der Waals surface area contributed by atoms with E-state index in [4.69, 9.17) is 4.74 Å². The van der Waals surface area contributed by atoms with Crippen molar-refractivity contribution in [1.29, 1.82) is 0 Å². The average molecular weight is 661 g/mol. The molecule has 1 N–H and O–H groups in total. The molecule has 1 aliphatic carbocycles. The second kappa shape index (κ2) is 11.9. The van der Waals surface area contributed by atoms with Crippen LogP contribution in [0.1, 0.15) is 48.6 Å². The van der Waals surface area contributed by atoms with Gasteiger partial charge in [-0.25, -0.2) is 9.29 Å². The van der Waals surface area contributed by atoms with Crippen molar-refractivity contribution >= 4 is 29.2 Å². The Balaban J connectivity index is 1.27. The molecule has 6 rings (SSSR count). The van der Waals surface area contributed by atoms with Gasteiger partial charge in [0.2, 0.25) is 11.8 Å². The van der Waals surface area contributed by atoms with Crippen LogP contribution in [-0.2, 0) is 26.7 Å². The van der Waals surface area contributed by atoms with E-state index in [2.05, 4.69) is 4.98 Å². The van der Waals surface area contributed by atoms with Crippen molar-refractivity contribution in [3.05, 3.63) is 100 Å². The number of hydrogen-bond acceptors (Lipinski definition) is 5. The van der Waals surface area contributed by atoms with Crippen LogP contribution in [0.5, 0.6) is 5.75 Å². The monoisotopic (exact) mass is 660 g/mol. The topological polar surface area (TPSA) is 79.7 Å². The van der Waals surface area contributed by atoms with Crippen LogP contribution in [0.2, 0.25) is 0 Å². The minimum absolute atomic E-state index is 0.0353. The number of halogens is 7. The summed E-state index contributed by atoms with van der Waals surface area (Å²) in [6, 6.07) is 10.0. The number of rotatable bonds is 6. The van der Waals surface area contributed by atoms with Crippen LogP contribution in [0.25, 0.3) is 11.6 Å². The van der Waals surface area contributed by atoms with Gasteiger partial charge in [-0.1, -0.05) is 17.7 Å². The summed E-state index contributed by atoms with van der Waals surface area (Å²) in [7, 11) is 0. The minimum atomic E-state index is -5.15. The summed E-state index contributed by atoms with van der Waals surface area (Å²) in [6.07, 6.45) is -6.56. The maximum absolute atomic E-state index is 14.1. The van der Waals surface area contributed by atoms with Crippen LogP contribution in [-0.4, -0.2) is 34.6 Å². The summed E-state index contributed by atoms with van der Waals surface area (Å²) in [5.74, 6) is -5.57. The number of ether oxygens (including phenoxy) is 1. The van der Waals surface area contributed by atoms with Crippen LogP contribution in [0.15, 0.2) is 71.9 Å². The molecule has 13 heteroatoms. The SMILES string of the molecule is CC1=C2[C@@H](CC/C(=C/c3ccc(O)c(F)c3)c3ccccn3)OC[C@@H]2[C@@H]2C(=O)N(c3cc(C(F)(F)F)cc(C(F)(F)F)c3)C(=O)[C@@H]2C1. The highest BCUT2D eigenvalue weighted by molar-refractivity contribution is 6.22. The lowest BCUT2D eigenvalue weighted by atomic mass is 9.70. The Morgan fingerprint density at radius 2 is 1.68 bits per heavy atom. The summed E-state index contributed by atoms with van der Waals surface area (Å²) in [5, 5.41) is 9.58. The molecular weight excluding hydrogens is 633 g/mol. The molecule has 4 atom stereocenters. The largest absolute Gasteiger partial charge is 0.505 e. The third-order valence-electron chi connectivity index (χ3n) is 8.97. The zero-order valence-corrected chi connectivity index (χ0v) is 24.7. The third-order valence-corrected chi connectivity index (χ3v) is 8.97. The smallest absolute Gasteiger partial charge is 0.416 e. The molecule has 2 aromatic carbocycles. The van der Waals surface area contributed by atoms with Crippen molar-refractivity contribution in [1.82, 2.24) is 4.98 Å². The molecule has 0 saturated carbocycles. The fraction of sp³-hybridized carbons (Fsp3) is 0.324. The number of benzene rings is 2. The minimum Gasteiger partial charge on any atom is -0.505 e. The Labute approximate surface area is 264 Å². The Morgan fingerprint density at radius 1 is 0.979 bits per heavy atom. The molecule has 0 unspecified atom stereocenters. The van der Waals surface area contributed by atoms with Crippen molar-refractivity contribution in [2.75, 3.05) is 11.5 Å². The molecule has 2 amide bonds. The number of aromatic hydroxyl groups is 1. The lowest BCUT2D eigenvalue weighted by Crippen LogP contribution is -2.34. The third kappa shape index (κ3) is 6.16. The van der Waals surface area contributed by atoms with Crippen molar-refractivity contribution in [3.8, 4) is 5.75 Å². The average Bonchev–Trinajstić information content (AvgIpc) is 3.54. The second-order valence-electron chi connectivity index (χ2n) is 11.9. The Kier molecular flexibility index (Phi) is 8.23. The van der Waals surface area contributed by atoms with E-state index in [1.165, 1.54) is 12.1 Å². The van der Waals surface area contributed by atoms with E-state index in [1.54, 1.807) is 43.5 Å². The van der Waals surface area contributed by atoms with Crippen LogP contribution in [0.3, 0.4) is 0 Å². The van der Waals surface area contributed by atoms with Crippen molar-refractivity contribution < 1.29 is 50.2 Å². The predicted molar refractivity (Wildman–Crippen MR) is 156 cm³/mol. The number of phenolic OH excluding ortho intramolecular Hbond substituents is 1. The zero-order chi connectivity index (χ0) is 33.8. The number of amides is 2. The molecular formula is C34H27F7N2O4. The number of fused-ring (bicyclic) bond motifs is 3. The van der Waals surface area contributed by atoms with Gasteiger partial charge in [0.25, 0.3) is 0 Å². The fourth-order valence-corrected chi connectivity index (χ4v) is 6.88. The maximum atomic E-state index is 14.1. The summed E-state index contributed by atoms with van der Waals surface area (Å²) < 4.78 is 102. The van der Waals surface area contributed by atoms with Crippen LogP contribution in [0.4, 0.5) is 36.4 Å². The van der Waals surface area contributed by atoms with Gasteiger partial charge in [0.15, 0.2) is 11.6 Å². The highest BCUT2D eigenvalue weighted by atomic mass is 19.4. The number of carbonyl (C=O) groups excluding carboxylic acids is 2. The van der Waals surface area contributed by atoms with Crippen LogP contribution >= 0.6 is 0 Å². The van der Waals surface area contributed by atoms with Gasteiger partial charge in [0.1, 0.15) is 0 Å².